The number of hydrogen-bond acceptors (Lipinski definition) is 4. The van der Waals surface area contributed by atoms with Crippen molar-refractivity contribution in [2.24, 2.45) is 0 Å². The number of carbonyl (C=O) groups excluding carboxylic acids is 2. The maximum atomic E-state index is 12.4. The number of methoxy groups -OCH3 is 1. The number of anilines is 1. The van der Waals surface area contributed by atoms with Gasteiger partial charge in [0, 0.05) is 11.6 Å². The molecule has 0 aliphatic carbocycles. The first-order chi connectivity index (χ1) is 10.7. The van der Waals surface area contributed by atoms with Crippen LogP contribution >= 0.6 is 0 Å². The van der Waals surface area contributed by atoms with Gasteiger partial charge < -0.3 is 4.74 Å². The molecule has 2 aromatic carbocycles. The van der Waals surface area contributed by atoms with Gasteiger partial charge in [-0.05, 0) is 18.2 Å². The normalized spacial score (nSPS) is 13.0. The molecule has 2 amide bonds. The van der Waals surface area contributed by atoms with Gasteiger partial charge in [-0.15, -0.1) is 0 Å². The molecule has 22 heavy (non-hydrogen) atoms. The summed E-state index contributed by atoms with van der Waals surface area (Å²) in [5, 5.41) is 8.80. The summed E-state index contributed by atoms with van der Waals surface area (Å²) in [6, 6.07) is 13.7. The second-order valence-corrected chi connectivity index (χ2v) is 4.82. The van der Waals surface area contributed by atoms with Gasteiger partial charge in [0.25, 0.3) is 11.8 Å². The summed E-state index contributed by atoms with van der Waals surface area (Å²) in [5.74, 6) is -0.220. The minimum Gasteiger partial charge on any atom is -0.496 e. The monoisotopic (exact) mass is 292 g/mol. The summed E-state index contributed by atoms with van der Waals surface area (Å²) in [5.41, 5.74) is 1.94. The number of imide groups is 1. The smallest absolute Gasteiger partial charge is 0.266 e. The van der Waals surface area contributed by atoms with Crippen LogP contribution in [0.25, 0.3) is 0 Å². The van der Waals surface area contributed by atoms with Crippen molar-refractivity contribution in [1.82, 2.24) is 0 Å². The number of benzene rings is 2. The Kier molecular flexibility index (Phi) is 3.36. The van der Waals surface area contributed by atoms with Crippen LogP contribution in [-0.2, 0) is 6.42 Å². The summed E-state index contributed by atoms with van der Waals surface area (Å²) in [6.07, 6.45) is 0.200. The van der Waals surface area contributed by atoms with Crippen molar-refractivity contribution in [2.75, 3.05) is 12.0 Å². The van der Waals surface area contributed by atoms with Crippen molar-refractivity contribution >= 4 is 17.5 Å². The van der Waals surface area contributed by atoms with E-state index < -0.39 is 0 Å². The zero-order valence-corrected chi connectivity index (χ0v) is 11.9. The van der Waals surface area contributed by atoms with Gasteiger partial charge in [-0.3, -0.25) is 9.59 Å². The van der Waals surface area contributed by atoms with E-state index in [9.17, 15) is 9.59 Å². The Hall–Kier alpha value is -3.13. The molecule has 1 aliphatic heterocycles. The molecule has 0 saturated heterocycles. The fourth-order valence-electron chi connectivity index (χ4n) is 2.53. The number of amides is 2. The van der Waals surface area contributed by atoms with Crippen molar-refractivity contribution in [1.29, 1.82) is 5.26 Å². The number of fused-ring (bicyclic) bond motifs is 1. The molecule has 108 valence electrons. The summed E-state index contributed by atoms with van der Waals surface area (Å²) in [7, 11) is 1.49. The Bertz CT molecular complexity index is 786. The average Bonchev–Trinajstić information content (AvgIpc) is 2.80. The third-order valence-electron chi connectivity index (χ3n) is 3.59. The molecule has 0 fully saturated rings. The van der Waals surface area contributed by atoms with Gasteiger partial charge in [0.15, 0.2) is 0 Å². The van der Waals surface area contributed by atoms with Crippen LogP contribution in [0, 0.1) is 11.3 Å². The largest absolute Gasteiger partial charge is 0.496 e. The van der Waals surface area contributed by atoms with E-state index in [1.54, 1.807) is 42.5 Å². The number of ether oxygens (including phenoxy) is 1. The Morgan fingerprint density at radius 3 is 2.27 bits per heavy atom. The van der Waals surface area contributed by atoms with Gasteiger partial charge in [-0.25, -0.2) is 4.90 Å². The van der Waals surface area contributed by atoms with Gasteiger partial charge >= 0.3 is 0 Å². The van der Waals surface area contributed by atoms with Crippen molar-refractivity contribution in [3.05, 3.63) is 59.2 Å². The Morgan fingerprint density at radius 2 is 1.73 bits per heavy atom. The van der Waals surface area contributed by atoms with Crippen LogP contribution in [0.15, 0.2) is 42.5 Å². The quantitative estimate of drug-likeness (QED) is 0.815. The van der Waals surface area contributed by atoms with Crippen molar-refractivity contribution in [3.63, 3.8) is 0 Å². The molecular formula is C17H12N2O3. The van der Waals surface area contributed by atoms with Crippen LogP contribution in [-0.4, -0.2) is 18.9 Å². The molecule has 5 heteroatoms. The van der Waals surface area contributed by atoms with Crippen LogP contribution in [0.3, 0.4) is 0 Å². The van der Waals surface area contributed by atoms with Gasteiger partial charge in [-0.2, -0.15) is 5.26 Å². The van der Waals surface area contributed by atoms with E-state index in [1.165, 1.54) is 7.11 Å². The zero-order valence-electron chi connectivity index (χ0n) is 11.9. The molecule has 0 aromatic heterocycles. The minimum absolute atomic E-state index is 0.200. The molecule has 1 heterocycles. The van der Waals surface area contributed by atoms with Gasteiger partial charge in [0.05, 0.1) is 36.4 Å². The molecule has 3 rings (SSSR count). The van der Waals surface area contributed by atoms with Gasteiger partial charge in [0.2, 0.25) is 0 Å². The van der Waals surface area contributed by atoms with E-state index in [0.29, 0.717) is 28.1 Å². The van der Waals surface area contributed by atoms with Crippen LogP contribution < -0.4 is 9.64 Å². The SMILES string of the molecule is COc1cc(N2C(=O)c3ccccc3C2=O)ccc1CC#N. The lowest BCUT2D eigenvalue weighted by molar-refractivity contribution is 0.0926. The number of nitriles is 1. The molecule has 0 N–H and O–H groups in total. The fraction of sp³-hybridized carbons (Fsp3) is 0.118. The first kappa shape index (κ1) is 13.8. The van der Waals surface area contributed by atoms with E-state index in [1.807, 2.05) is 0 Å². The predicted octanol–water partition coefficient (Wildman–Crippen LogP) is 2.56. The number of hydrogen-bond donors (Lipinski definition) is 0. The van der Waals surface area contributed by atoms with Crippen LogP contribution in [0.2, 0.25) is 0 Å². The molecule has 0 saturated carbocycles. The minimum atomic E-state index is -0.351. The molecule has 0 radical (unpaired) electrons. The first-order valence-electron chi connectivity index (χ1n) is 6.69. The summed E-state index contributed by atoms with van der Waals surface area (Å²) >= 11 is 0. The number of carbonyl (C=O) groups is 2. The molecule has 0 unspecified atom stereocenters. The standard InChI is InChI=1S/C17H12N2O3/c1-22-15-10-12(7-6-11(15)8-9-18)19-16(20)13-4-2-3-5-14(13)17(19)21/h2-7,10H,8H2,1H3. The van der Waals surface area contributed by atoms with Crippen molar-refractivity contribution in [2.45, 2.75) is 6.42 Å². The highest BCUT2D eigenvalue weighted by atomic mass is 16.5. The van der Waals surface area contributed by atoms with Crippen LogP contribution in [0.5, 0.6) is 5.75 Å². The zero-order chi connectivity index (χ0) is 15.7. The first-order valence-corrected chi connectivity index (χ1v) is 6.69. The van der Waals surface area contributed by atoms with Gasteiger partial charge in [0.1, 0.15) is 5.75 Å². The Morgan fingerprint density at radius 1 is 1.09 bits per heavy atom. The maximum Gasteiger partial charge on any atom is 0.266 e. The Balaban J connectivity index is 2.05. The maximum absolute atomic E-state index is 12.4. The highest BCUT2D eigenvalue weighted by molar-refractivity contribution is 6.34. The lowest BCUT2D eigenvalue weighted by atomic mass is 10.1. The molecule has 1 aliphatic rings. The lowest BCUT2D eigenvalue weighted by Crippen LogP contribution is -2.29. The summed E-state index contributed by atoms with van der Waals surface area (Å²) in [4.78, 5) is 26.0. The van der Waals surface area contributed by atoms with Crippen molar-refractivity contribution in [3.8, 4) is 11.8 Å². The van der Waals surface area contributed by atoms with Crippen molar-refractivity contribution < 1.29 is 14.3 Å². The lowest BCUT2D eigenvalue weighted by Gasteiger charge is -2.16. The summed E-state index contributed by atoms with van der Waals surface area (Å²) in [6.45, 7) is 0. The molecule has 0 atom stereocenters. The van der Waals surface area contributed by atoms with E-state index in [4.69, 9.17) is 10.00 Å². The van der Waals surface area contributed by atoms with E-state index in [0.717, 1.165) is 4.90 Å². The highest BCUT2D eigenvalue weighted by Gasteiger charge is 2.36. The third-order valence-corrected chi connectivity index (χ3v) is 3.59. The second-order valence-electron chi connectivity index (χ2n) is 4.82. The van der Waals surface area contributed by atoms with E-state index in [2.05, 4.69) is 6.07 Å². The topological polar surface area (TPSA) is 70.4 Å². The molecule has 0 spiro atoms. The van der Waals surface area contributed by atoms with E-state index in [-0.39, 0.29) is 18.2 Å². The molecular weight excluding hydrogens is 280 g/mol. The molecule has 5 nitrogen and oxygen atoms in total. The molecule has 2 aromatic rings. The van der Waals surface area contributed by atoms with Crippen LogP contribution in [0.4, 0.5) is 5.69 Å². The van der Waals surface area contributed by atoms with E-state index >= 15 is 0 Å². The Labute approximate surface area is 127 Å². The highest BCUT2D eigenvalue weighted by Crippen LogP contribution is 2.32. The molecule has 0 bridgehead atoms. The summed E-state index contributed by atoms with van der Waals surface area (Å²) < 4.78 is 5.25. The third kappa shape index (κ3) is 2.02. The second kappa shape index (κ2) is 5.34. The predicted molar refractivity (Wildman–Crippen MR) is 79.9 cm³/mol. The average molecular weight is 292 g/mol. The fourth-order valence-corrected chi connectivity index (χ4v) is 2.53. The van der Waals surface area contributed by atoms with Crippen LogP contribution in [0.1, 0.15) is 26.3 Å². The van der Waals surface area contributed by atoms with Gasteiger partial charge in [-0.1, -0.05) is 18.2 Å². The number of rotatable bonds is 3. The number of nitrogens with zero attached hydrogens (tertiary/aromatic N) is 2.